The van der Waals surface area contributed by atoms with Gasteiger partial charge in [0.2, 0.25) is 0 Å². The minimum Gasteiger partial charge on any atom is -0.487 e. The molecule has 2 atom stereocenters. The Labute approximate surface area is 176 Å². The first-order valence-corrected chi connectivity index (χ1v) is 10.4. The first kappa shape index (κ1) is 20.4. The molecule has 1 fully saturated rings. The number of nitrogens with zero attached hydrogens (tertiary/aromatic N) is 2. The van der Waals surface area contributed by atoms with Crippen molar-refractivity contribution in [1.29, 1.82) is 0 Å². The van der Waals surface area contributed by atoms with E-state index in [9.17, 15) is 18.7 Å². The van der Waals surface area contributed by atoms with Crippen molar-refractivity contribution in [2.24, 2.45) is 0 Å². The van der Waals surface area contributed by atoms with Crippen molar-refractivity contribution in [2.75, 3.05) is 13.1 Å². The van der Waals surface area contributed by atoms with Gasteiger partial charge >= 0.3 is 0 Å². The van der Waals surface area contributed by atoms with E-state index in [0.29, 0.717) is 25.1 Å². The zero-order chi connectivity index (χ0) is 21.1. The molecule has 1 N–H and O–H groups in total. The fourth-order valence-electron chi connectivity index (χ4n) is 3.43. The van der Waals surface area contributed by atoms with Gasteiger partial charge in [0.1, 0.15) is 35.3 Å². The molecule has 1 aliphatic heterocycles. The number of hydrogen-bond acceptors (Lipinski definition) is 5. The Hall–Kier alpha value is -2.84. The number of aromatic nitrogens is 1. The van der Waals surface area contributed by atoms with Crippen LogP contribution in [-0.2, 0) is 6.42 Å². The molecule has 8 heteroatoms. The molecule has 1 aromatic heterocycles. The molecule has 3 aromatic rings. The number of piperidine rings is 1. The van der Waals surface area contributed by atoms with Gasteiger partial charge in [-0.05, 0) is 5.56 Å². The summed E-state index contributed by atoms with van der Waals surface area (Å²) in [5.41, 5.74) is 1.47. The zero-order valence-corrected chi connectivity index (χ0v) is 16.8. The van der Waals surface area contributed by atoms with Gasteiger partial charge in [-0.2, -0.15) is 0 Å². The number of carbonyl (C=O) groups excluding carboxylic acids is 1. The summed E-state index contributed by atoms with van der Waals surface area (Å²) in [5, 5.41) is 13.0. The number of amides is 1. The zero-order valence-electron chi connectivity index (χ0n) is 16.0. The van der Waals surface area contributed by atoms with Crippen molar-refractivity contribution >= 4 is 17.2 Å². The van der Waals surface area contributed by atoms with Crippen LogP contribution in [0.5, 0.6) is 5.75 Å². The third kappa shape index (κ3) is 4.83. The molecule has 1 saturated heterocycles. The van der Waals surface area contributed by atoms with Crippen LogP contribution in [0.4, 0.5) is 8.78 Å². The Kier molecular flexibility index (Phi) is 6.06. The normalized spacial score (nSPS) is 19.0. The van der Waals surface area contributed by atoms with Crippen LogP contribution in [0.1, 0.15) is 27.5 Å². The fraction of sp³-hybridized carbons (Fsp3) is 0.273. The maximum absolute atomic E-state index is 13.3. The van der Waals surface area contributed by atoms with Crippen molar-refractivity contribution in [2.45, 2.75) is 25.0 Å². The number of carbonyl (C=O) groups is 1. The summed E-state index contributed by atoms with van der Waals surface area (Å²) in [4.78, 5) is 18.8. The number of hydrogen-bond donors (Lipinski definition) is 1. The van der Waals surface area contributed by atoms with Crippen molar-refractivity contribution in [3.63, 3.8) is 0 Å². The fourth-order valence-corrected chi connectivity index (χ4v) is 4.23. The molecule has 0 aliphatic carbocycles. The largest absolute Gasteiger partial charge is 0.487 e. The van der Waals surface area contributed by atoms with Gasteiger partial charge < -0.3 is 14.7 Å². The molecule has 5 nitrogen and oxygen atoms in total. The topological polar surface area (TPSA) is 62.7 Å². The van der Waals surface area contributed by atoms with E-state index >= 15 is 0 Å². The van der Waals surface area contributed by atoms with Gasteiger partial charge in [-0.25, -0.2) is 13.8 Å². The highest BCUT2D eigenvalue weighted by Gasteiger charge is 2.33. The highest BCUT2D eigenvalue weighted by atomic mass is 32.1. The number of rotatable bonds is 5. The molecule has 0 spiro atoms. The summed E-state index contributed by atoms with van der Waals surface area (Å²) in [6.07, 6.45) is -0.635. The lowest BCUT2D eigenvalue weighted by atomic mass is 10.0. The maximum Gasteiger partial charge on any atom is 0.273 e. The lowest BCUT2D eigenvalue weighted by molar-refractivity contribution is -0.0202. The van der Waals surface area contributed by atoms with Crippen molar-refractivity contribution in [3.05, 3.63) is 81.8 Å². The lowest BCUT2D eigenvalue weighted by Crippen LogP contribution is -2.51. The van der Waals surface area contributed by atoms with Gasteiger partial charge in [-0.1, -0.05) is 30.3 Å². The molecular formula is C22H20F2N2O3S. The number of β-amino-alcohol motifs (C(OH)–C–C–N with tert-alkyl or cyclic N) is 1. The molecule has 0 unspecified atom stereocenters. The summed E-state index contributed by atoms with van der Waals surface area (Å²) in [7, 11) is 0. The molecule has 30 heavy (non-hydrogen) atoms. The van der Waals surface area contributed by atoms with Gasteiger partial charge in [0.15, 0.2) is 0 Å². The molecule has 0 bridgehead atoms. The standard InChI is InChI=1S/C22H20F2N2O3S/c23-15-9-16(24)11-17(10-15)29-20-6-7-26(12-19(20)27)22(28)18-13-30-21(25-18)8-14-4-2-1-3-5-14/h1-5,9-11,13,19-20,27H,6-8,12H2/t19-,20-/m1/s1. The minimum atomic E-state index is -0.976. The quantitative estimate of drug-likeness (QED) is 0.671. The van der Waals surface area contributed by atoms with Gasteiger partial charge in [0, 0.05) is 43.0 Å². The van der Waals surface area contributed by atoms with E-state index in [-0.39, 0.29) is 18.2 Å². The monoisotopic (exact) mass is 430 g/mol. The molecule has 4 rings (SSSR count). The van der Waals surface area contributed by atoms with E-state index in [2.05, 4.69) is 4.98 Å². The van der Waals surface area contributed by atoms with E-state index in [4.69, 9.17) is 4.74 Å². The number of likely N-dealkylation sites (tertiary alicyclic amines) is 1. The Balaban J connectivity index is 1.36. The lowest BCUT2D eigenvalue weighted by Gasteiger charge is -2.35. The molecule has 2 heterocycles. The Morgan fingerprint density at radius 1 is 1.20 bits per heavy atom. The predicted octanol–water partition coefficient (Wildman–Crippen LogP) is 3.67. The molecule has 2 aromatic carbocycles. The number of benzene rings is 2. The number of ether oxygens (including phenoxy) is 1. The van der Waals surface area contributed by atoms with Crippen LogP contribution in [-0.4, -0.2) is 46.2 Å². The summed E-state index contributed by atoms with van der Waals surface area (Å²) >= 11 is 1.43. The smallest absolute Gasteiger partial charge is 0.273 e. The number of halogens is 2. The predicted molar refractivity (Wildman–Crippen MR) is 109 cm³/mol. The molecular weight excluding hydrogens is 410 g/mol. The van der Waals surface area contributed by atoms with Crippen LogP contribution in [0.2, 0.25) is 0 Å². The van der Waals surface area contributed by atoms with Crippen molar-refractivity contribution in [3.8, 4) is 5.75 Å². The minimum absolute atomic E-state index is 0.0152. The summed E-state index contributed by atoms with van der Waals surface area (Å²) in [5.74, 6) is -1.73. The average molecular weight is 430 g/mol. The second kappa shape index (κ2) is 8.89. The first-order chi connectivity index (χ1) is 14.5. The maximum atomic E-state index is 13.3. The van der Waals surface area contributed by atoms with Crippen molar-refractivity contribution in [1.82, 2.24) is 9.88 Å². The highest BCUT2D eigenvalue weighted by molar-refractivity contribution is 7.09. The molecule has 1 amide bonds. The molecule has 1 aliphatic rings. The Bertz CT molecular complexity index is 1010. The SMILES string of the molecule is O=C(c1csc(Cc2ccccc2)n1)N1CC[C@@H](Oc2cc(F)cc(F)c2)[C@H](O)C1. The van der Waals surface area contributed by atoms with Crippen LogP contribution in [0.3, 0.4) is 0 Å². The summed E-state index contributed by atoms with van der Waals surface area (Å²) < 4.78 is 32.2. The van der Waals surface area contributed by atoms with Gasteiger partial charge in [-0.15, -0.1) is 11.3 Å². The Morgan fingerprint density at radius 2 is 1.93 bits per heavy atom. The van der Waals surface area contributed by atoms with Crippen LogP contribution < -0.4 is 4.74 Å². The second-order valence-corrected chi connectivity index (χ2v) is 8.10. The molecule has 0 saturated carbocycles. The summed E-state index contributed by atoms with van der Waals surface area (Å²) in [6.45, 7) is 0.413. The van der Waals surface area contributed by atoms with Crippen LogP contribution in [0, 0.1) is 11.6 Å². The number of aliphatic hydroxyl groups is 1. The van der Waals surface area contributed by atoms with E-state index < -0.39 is 23.8 Å². The van der Waals surface area contributed by atoms with E-state index in [1.165, 1.54) is 16.2 Å². The van der Waals surface area contributed by atoms with Gasteiger partial charge in [-0.3, -0.25) is 4.79 Å². The number of thiazole rings is 1. The molecule has 0 radical (unpaired) electrons. The van der Waals surface area contributed by atoms with Crippen molar-refractivity contribution < 1.29 is 23.4 Å². The van der Waals surface area contributed by atoms with E-state index in [0.717, 1.165) is 28.8 Å². The van der Waals surface area contributed by atoms with Gasteiger partial charge in [0.05, 0.1) is 11.6 Å². The second-order valence-electron chi connectivity index (χ2n) is 7.16. The van der Waals surface area contributed by atoms with Crippen LogP contribution in [0.25, 0.3) is 0 Å². The Morgan fingerprint density at radius 3 is 2.63 bits per heavy atom. The van der Waals surface area contributed by atoms with E-state index in [1.54, 1.807) is 5.38 Å². The third-order valence-electron chi connectivity index (χ3n) is 4.90. The third-order valence-corrected chi connectivity index (χ3v) is 5.75. The average Bonchev–Trinajstić information content (AvgIpc) is 3.17. The summed E-state index contributed by atoms with van der Waals surface area (Å²) in [6, 6.07) is 12.8. The van der Waals surface area contributed by atoms with Crippen LogP contribution in [0.15, 0.2) is 53.9 Å². The van der Waals surface area contributed by atoms with E-state index in [1.807, 2.05) is 30.3 Å². The first-order valence-electron chi connectivity index (χ1n) is 9.56. The van der Waals surface area contributed by atoms with Crippen LogP contribution >= 0.6 is 11.3 Å². The molecule has 156 valence electrons. The highest BCUT2D eigenvalue weighted by Crippen LogP contribution is 2.23. The number of aliphatic hydroxyl groups excluding tert-OH is 1. The van der Waals surface area contributed by atoms with Gasteiger partial charge in [0.25, 0.3) is 5.91 Å².